The van der Waals surface area contributed by atoms with Gasteiger partial charge >= 0.3 is 0 Å². The molecule has 26 heavy (non-hydrogen) atoms. The van der Waals surface area contributed by atoms with E-state index in [1.54, 1.807) is 54.2 Å². The smallest absolute Gasteiger partial charge is 0.272 e. The Hall–Kier alpha value is -3.61. The third-order valence-electron chi connectivity index (χ3n) is 4.30. The molecule has 7 heteroatoms. The van der Waals surface area contributed by atoms with E-state index in [1.165, 1.54) is 11.5 Å². The van der Waals surface area contributed by atoms with Gasteiger partial charge in [-0.3, -0.25) is 14.0 Å². The van der Waals surface area contributed by atoms with Crippen LogP contribution in [0.1, 0.15) is 10.5 Å². The molecule has 4 rings (SSSR count). The Labute approximate surface area is 148 Å². The first kappa shape index (κ1) is 15.9. The molecule has 0 aliphatic rings. The number of rotatable bonds is 3. The van der Waals surface area contributed by atoms with E-state index in [0.29, 0.717) is 33.8 Å². The van der Waals surface area contributed by atoms with Crippen LogP contribution in [-0.4, -0.2) is 27.0 Å². The molecule has 0 unspecified atom stereocenters. The van der Waals surface area contributed by atoms with Crippen LogP contribution in [0, 0.1) is 0 Å². The molecular formula is C19H16N4O3. The van der Waals surface area contributed by atoms with E-state index in [1.807, 2.05) is 12.1 Å². The van der Waals surface area contributed by atoms with Gasteiger partial charge in [0.25, 0.3) is 11.5 Å². The maximum absolute atomic E-state index is 12.8. The summed E-state index contributed by atoms with van der Waals surface area (Å²) in [7, 11) is 3.25. The highest BCUT2D eigenvalue weighted by atomic mass is 16.5. The van der Waals surface area contributed by atoms with E-state index in [-0.39, 0.29) is 11.5 Å². The number of benzene rings is 1. The number of amides is 1. The minimum Gasteiger partial charge on any atom is -0.495 e. The first-order valence-corrected chi connectivity index (χ1v) is 8.01. The first-order valence-electron chi connectivity index (χ1n) is 8.01. The van der Waals surface area contributed by atoms with Gasteiger partial charge in [-0.2, -0.15) is 0 Å². The fourth-order valence-corrected chi connectivity index (χ4v) is 2.97. The number of aromatic nitrogens is 3. The molecule has 0 fully saturated rings. The van der Waals surface area contributed by atoms with Gasteiger partial charge in [0.1, 0.15) is 22.7 Å². The monoisotopic (exact) mass is 348 g/mol. The van der Waals surface area contributed by atoms with Crippen molar-refractivity contribution in [3.05, 3.63) is 70.8 Å². The van der Waals surface area contributed by atoms with Crippen LogP contribution >= 0.6 is 0 Å². The van der Waals surface area contributed by atoms with Gasteiger partial charge in [-0.1, -0.05) is 18.2 Å². The van der Waals surface area contributed by atoms with Crippen LogP contribution in [0.2, 0.25) is 0 Å². The number of carbonyl (C=O) groups excluding carboxylic acids is 1. The Kier molecular flexibility index (Phi) is 3.69. The number of nitrogens with zero attached hydrogens (tertiary/aromatic N) is 3. The Morgan fingerprint density at radius 2 is 1.92 bits per heavy atom. The SMILES string of the molecule is COc1ccccc1NC(=O)c1cc2c(=O)n3ccccc3nc2n1C. The Morgan fingerprint density at radius 1 is 1.15 bits per heavy atom. The second-order valence-corrected chi connectivity index (χ2v) is 5.83. The summed E-state index contributed by atoms with van der Waals surface area (Å²) in [5.41, 5.74) is 1.68. The molecule has 0 atom stereocenters. The largest absolute Gasteiger partial charge is 0.495 e. The lowest BCUT2D eigenvalue weighted by atomic mass is 10.2. The number of para-hydroxylation sites is 2. The second kappa shape index (κ2) is 6.03. The summed E-state index contributed by atoms with van der Waals surface area (Å²) >= 11 is 0. The van der Waals surface area contributed by atoms with Crippen LogP contribution in [0.3, 0.4) is 0 Å². The average Bonchev–Trinajstić information content (AvgIpc) is 3.00. The first-order chi connectivity index (χ1) is 12.6. The highest BCUT2D eigenvalue weighted by molar-refractivity contribution is 6.06. The number of hydrogen-bond acceptors (Lipinski definition) is 4. The Balaban J connectivity index is 1.83. The lowest BCUT2D eigenvalue weighted by Crippen LogP contribution is -2.16. The maximum atomic E-state index is 12.8. The zero-order valence-electron chi connectivity index (χ0n) is 14.3. The van der Waals surface area contributed by atoms with Crippen molar-refractivity contribution in [1.82, 2.24) is 14.0 Å². The van der Waals surface area contributed by atoms with Gasteiger partial charge in [-0.25, -0.2) is 4.98 Å². The fraction of sp³-hybridized carbons (Fsp3) is 0.105. The molecule has 1 amide bonds. The molecule has 0 aliphatic heterocycles. The predicted molar refractivity (Wildman–Crippen MR) is 98.9 cm³/mol. The lowest BCUT2D eigenvalue weighted by Gasteiger charge is -2.10. The van der Waals surface area contributed by atoms with E-state index in [4.69, 9.17) is 4.74 Å². The van der Waals surface area contributed by atoms with Gasteiger partial charge in [0.15, 0.2) is 0 Å². The summed E-state index contributed by atoms with van der Waals surface area (Å²) < 4.78 is 8.34. The van der Waals surface area contributed by atoms with E-state index in [9.17, 15) is 9.59 Å². The van der Waals surface area contributed by atoms with Crippen molar-refractivity contribution in [2.24, 2.45) is 7.05 Å². The van der Waals surface area contributed by atoms with Crippen molar-refractivity contribution in [3.8, 4) is 5.75 Å². The average molecular weight is 348 g/mol. The van der Waals surface area contributed by atoms with Gasteiger partial charge in [-0.15, -0.1) is 0 Å². The van der Waals surface area contributed by atoms with E-state index in [2.05, 4.69) is 10.3 Å². The Bertz CT molecular complexity index is 1210. The van der Waals surface area contributed by atoms with Gasteiger partial charge in [0.2, 0.25) is 0 Å². The number of ether oxygens (including phenoxy) is 1. The minimum atomic E-state index is -0.344. The number of anilines is 1. The molecule has 7 nitrogen and oxygen atoms in total. The number of carbonyl (C=O) groups is 1. The topological polar surface area (TPSA) is 77.6 Å². The molecule has 1 N–H and O–H groups in total. The lowest BCUT2D eigenvalue weighted by molar-refractivity contribution is 0.101. The summed E-state index contributed by atoms with van der Waals surface area (Å²) in [5, 5.41) is 3.21. The summed E-state index contributed by atoms with van der Waals surface area (Å²) in [5.74, 6) is 0.215. The fourth-order valence-electron chi connectivity index (χ4n) is 2.97. The molecule has 0 saturated carbocycles. The number of aryl methyl sites for hydroxylation is 1. The van der Waals surface area contributed by atoms with Crippen molar-refractivity contribution in [3.63, 3.8) is 0 Å². The molecule has 3 aromatic heterocycles. The van der Waals surface area contributed by atoms with Crippen LogP contribution in [0.4, 0.5) is 5.69 Å². The highest BCUT2D eigenvalue weighted by Gasteiger charge is 2.18. The Morgan fingerprint density at radius 3 is 2.73 bits per heavy atom. The van der Waals surface area contributed by atoms with Gasteiger partial charge in [-0.05, 0) is 30.3 Å². The van der Waals surface area contributed by atoms with E-state index >= 15 is 0 Å². The van der Waals surface area contributed by atoms with Gasteiger partial charge in [0.05, 0.1) is 18.2 Å². The van der Waals surface area contributed by atoms with Crippen LogP contribution in [-0.2, 0) is 7.05 Å². The predicted octanol–water partition coefficient (Wildman–Crippen LogP) is 2.45. The molecule has 4 aromatic rings. The van der Waals surface area contributed by atoms with E-state index in [0.717, 1.165) is 0 Å². The van der Waals surface area contributed by atoms with Gasteiger partial charge < -0.3 is 14.6 Å². The van der Waals surface area contributed by atoms with Crippen LogP contribution in [0.25, 0.3) is 16.7 Å². The molecule has 0 spiro atoms. The summed E-state index contributed by atoms with van der Waals surface area (Å²) in [6, 6.07) is 14.0. The molecule has 3 heterocycles. The van der Waals surface area contributed by atoms with Crippen molar-refractivity contribution >= 4 is 28.3 Å². The number of methoxy groups -OCH3 is 1. The number of hydrogen-bond donors (Lipinski definition) is 1. The van der Waals surface area contributed by atoms with Crippen LogP contribution in [0.15, 0.2) is 59.5 Å². The van der Waals surface area contributed by atoms with E-state index < -0.39 is 0 Å². The van der Waals surface area contributed by atoms with Gasteiger partial charge in [0, 0.05) is 13.2 Å². The number of pyridine rings is 1. The second-order valence-electron chi connectivity index (χ2n) is 5.83. The number of nitrogens with one attached hydrogen (secondary N) is 1. The summed E-state index contributed by atoms with van der Waals surface area (Å²) in [6.07, 6.45) is 1.66. The van der Waals surface area contributed by atoms with Crippen LogP contribution in [0.5, 0.6) is 5.75 Å². The molecular weight excluding hydrogens is 332 g/mol. The third-order valence-corrected chi connectivity index (χ3v) is 4.30. The standard InChI is InChI=1S/C19H16N4O3/c1-22-14(18(24)20-13-7-3-4-8-15(13)26-2)11-12-17(22)21-16-9-5-6-10-23(16)19(12)25/h3-11H,1-2H3,(H,20,24). The third kappa shape index (κ3) is 2.41. The quantitative estimate of drug-likeness (QED) is 0.617. The zero-order valence-corrected chi connectivity index (χ0v) is 14.3. The van der Waals surface area contributed by atoms with Crippen molar-refractivity contribution in [2.75, 3.05) is 12.4 Å². The molecule has 130 valence electrons. The summed E-state index contributed by atoms with van der Waals surface area (Å²) in [4.78, 5) is 29.9. The van der Waals surface area contributed by atoms with Crippen molar-refractivity contribution < 1.29 is 9.53 Å². The maximum Gasteiger partial charge on any atom is 0.272 e. The molecule has 0 bridgehead atoms. The molecule has 0 aliphatic carbocycles. The molecule has 0 radical (unpaired) electrons. The zero-order chi connectivity index (χ0) is 18.3. The van der Waals surface area contributed by atoms with Crippen molar-refractivity contribution in [2.45, 2.75) is 0 Å². The highest BCUT2D eigenvalue weighted by Crippen LogP contribution is 2.24. The van der Waals surface area contributed by atoms with Crippen LogP contribution < -0.4 is 15.6 Å². The normalized spacial score (nSPS) is 11.0. The van der Waals surface area contributed by atoms with Crippen molar-refractivity contribution in [1.29, 1.82) is 0 Å². The molecule has 0 saturated heterocycles. The summed E-state index contributed by atoms with van der Waals surface area (Å²) in [6.45, 7) is 0. The minimum absolute atomic E-state index is 0.211. The molecule has 1 aromatic carbocycles. The number of fused-ring (bicyclic) bond motifs is 2.